The van der Waals surface area contributed by atoms with Crippen molar-refractivity contribution in [2.75, 3.05) is 0 Å². The monoisotopic (exact) mass is 238 g/mol. The van der Waals surface area contributed by atoms with E-state index in [0.717, 1.165) is 25.1 Å². The lowest BCUT2D eigenvalue weighted by molar-refractivity contribution is -0.0456. The Kier molecular flexibility index (Phi) is 3.52. The maximum absolute atomic E-state index is 10.6. The predicted molar refractivity (Wildman–Crippen MR) is 64.7 cm³/mol. The average molecular weight is 238 g/mol. The summed E-state index contributed by atoms with van der Waals surface area (Å²) in [5.41, 5.74) is -0.654. The van der Waals surface area contributed by atoms with Crippen LogP contribution in [-0.2, 0) is 6.42 Å². The zero-order valence-electron chi connectivity index (χ0n) is 10.9. The molecule has 2 rings (SSSR count). The van der Waals surface area contributed by atoms with Gasteiger partial charge in [0.2, 0.25) is 5.89 Å². The molecule has 1 fully saturated rings. The van der Waals surface area contributed by atoms with Crippen LogP contribution in [0, 0.1) is 5.92 Å². The molecule has 1 aliphatic rings. The van der Waals surface area contributed by atoms with E-state index in [1.165, 1.54) is 6.42 Å². The van der Waals surface area contributed by atoms with Crippen molar-refractivity contribution in [3.05, 3.63) is 11.7 Å². The smallest absolute Gasteiger partial charge is 0.229 e. The summed E-state index contributed by atoms with van der Waals surface area (Å²) in [6.07, 6.45) is 4.72. The Morgan fingerprint density at radius 1 is 1.47 bits per heavy atom. The van der Waals surface area contributed by atoms with Crippen molar-refractivity contribution in [2.45, 2.75) is 64.4 Å². The molecule has 0 spiro atoms. The van der Waals surface area contributed by atoms with Crippen LogP contribution >= 0.6 is 0 Å². The van der Waals surface area contributed by atoms with Crippen LogP contribution in [0.25, 0.3) is 0 Å². The SMILES string of the molecule is CC(C)c1noc(C[C@]2(O)CCCC[C@@H]2C)n1. The van der Waals surface area contributed by atoms with Gasteiger partial charge in [-0.3, -0.25) is 0 Å². The maximum atomic E-state index is 10.6. The van der Waals surface area contributed by atoms with Gasteiger partial charge in [0.1, 0.15) is 0 Å². The van der Waals surface area contributed by atoms with E-state index in [1.54, 1.807) is 0 Å². The fourth-order valence-electron chi connectivity index (χ4n) is 2.50. The van der Waals surface area contributed by atoms with Crippen molar-refractivity contribution in [3.63, 3.8) is 0 Å². The van der Waals surface area contributed by atoms with Gasteiger partial charge in [-0.1, -0.05) is 38.8 Å². The van der Waals surface area contributed by atoms with Crippen LogP contribution in [0.2, 0.25) is 0 Å². The Bertz CT molecular complexity index is 375. The molecule has 0 bridgehead atoms. The third-order valence-electron chi connectivity index (χ3n) is 3.87. The van der Waals surface area contributed by atoms with Crippen LogP contribution in [0.4, 0.5) is 0 Å². The topological polar surface area (TPSA) is 59.2 Å². The van der Waals surface area contributed by atoms with Crippen LogP contribution in [0.3, 0.4) is 0 Å². The second kappa shape index (κ2) is 4.77. The highest BCUT2D eigenvalue weighted by molar-refractivity contribution is 4.99. The van der Waals surface area contributed by atoms with Gasteiger partial charge in [0, 0.05) is 5.92 Å². The molecule has 96 valence electrons. The lowest BCUT2D eigenvalue weighted by atomic mass is 9.74. The number of rotatable bonds is 3. The summed E-state index contributed by atoms with van der Waals surface area (Å²) >= 11 is 0. The second-order valence-corrected chi connectivity index (χ2v) is 5.63. The zero-order valence-corrected chi connectivity index (χ0v) is 10.9. The molecule has 4 nitrogen and oxygen atoms in total. The Morgan fingerprint density at radius 2 is 2.24 bits per heavy atom. The van der Waals surface area contributed by atoms with Gasteiger partial charge in [-0.05, 0) is 18.8 Å². The van der Waals surface area contributed by atoms with Gasteiger partial charge >= 0.3 is 0 Å². The van der Waals surface area contributed by atoms with E-state index in [0.29, 0.717) is 18.2 Å². The highest BCUT2D eigenvalue weighted by Gasteiger charge is 2.37. The van der Waals surface area contributed by atoms with Crippen molar-refractivity contribution < 1.29 is 9.63 Å². The van der Waals surface area contributed by atoms with E-state index >= 15 is 0 Å². The lowest BCUT2D eigenvalue weighted by Crippen LogP contribution is -2.41. The Morgan fingerprint density at radius 3 is 2.82 bits per heavy atom. The summed E-state index contributed by atoms with van der Waals surface area (Å²) in [5, 5.41) is 14.6. The highest BCUT2D eigenvalue weighted by Crippen LogP contribution is 2.35. The van der Waals surface area contributed by atoms with E-state index in [1.807, 2.05) is 13.8 Å². The van der Waals surface area contributed by atoms with Crippen LogP contribution < -0.4 is 0 Å². The second-order valence-electron chi connectivity index (χ2n) is 5.63. The molecule has 0 unspecified atom stereocenters. The molecule has 0 aliphatic heterocycles. The molecular formula is C13H22N2O2. The summed E-state index contributed by atoms with van der Waals surface area (Å²) in [6, 6.07) is 0. The first-order chi connectivity index (χ1) is 8.01. The summed E-state index contributed by atoms with van der Waals surface area (Å²) in [5.74, 6) is 1.88. The van der Waals surface area contributed by atoms with Crippen LogP contribution in [0.5, 0.6) is 0 Å². The molecule has 1 N–H and O–H groups in total. The molecule has 1 saturated carbocycles. The highest BCUT2D eigenvalue weighted by atomic mass is 16.5. The summed E-state index contributed by atoms with van der Waals surface area (Å²) in [4.78, 5) is 4.35. The van der Waals surface area contributed by atoms with Crippen molar-refractivity contribution in [2.24, 2.45) is 5.92 Å². The maximum Gasteiger partial charge on any atom is 0.229 e. The molecule has 1 heterocycles. The Labute approximate surface area is 102 Å². The number of hydrogen-bond donors (Lipinski definition) is 1. The average Bonchev–Trinajstić information content (AvgIpc) is 2.71. The molecule has 17 heavy (non-hydrogen) atoms. The Balaban J connectivity index is 2.08. The quantitative estimate of drug-likeness (QED) is 0.879. The molecule has 1 aromatic heterocycles. The summed E-state index contributed by atoms with van der Waals surface area (Å²) in [7, 11) is 0. The summed E-state index contributed by atoms with van der Waals surface area (Å²) in [6.45, 7) is 6.18. The number of hydrogen-bond acceptors (Lipinski definition) is 4. The van der Waals surface area contributed by atoms with Gasteiger partial charge in [-0.25, -0.2) is 0 Å². The fraction of sp³-hybridized carbons (Fsp3) is 0.846. The van der Waals surface area contributed by atoms with Crippen molar-refractivity contribution in [1.82, 2.24) is 10.1 Å². The number of aromatic nitrogens is 2. The first kappa shape index (κ1) is 12.6. The Hall–Kier alpha value is -0.900. The van der Waals surface area contributed by atoms with Crippen LogP contribution in [0.1, 0.15) is 64.1 Å². The molecular weight excluding hydrogens is 216 g/mol. The largest absolute Gasteiger partial charge is 0.389 e. The van der Waals surface area contributed by atoms with Crippen molar-refractivity contribution in [3.8, 4) is 0 Å². The van der Waals surface area contributed by atoms with Gasteiger partial charge in [-0.15, -0.1) is 0 Å². The normalized spacial score (nSPS) is 29.8. The first-order valence-electron chi connectivity index (χ1n) is 6.56. The van der Waals surface area contributed by atoms with E-state index < -0.39 is 5.60 Å². The van der Waals surface area contributed by atoms with Gasteiger partial charge < -0.3 is 9.63 Å². The molecule has 4 heteroatoms. The zero-order chi connectivity index (χ0) is 12.5. The molecule has 0 aromatic carbocycles. The van der Waals surface area contributed by atoms with E-state index in [-0.39, 0.29) is 5.92 Å². The summed E-state index contributed by atoms with van der Waals surface area (Å²) < 4.78 is 5.22. The molecule has 2 atom stereocenters. The molecule has 1 aromatic rings. The molecule has 0 saturated heterocycles. The van der Waals surface area contributed by atoms with Gasteiger partial charge in [0.05, 0.1) is 12.0 Å². The lowest BCUT2D eigenvalue weighted by Gasteiger charge is -2.37. The number of aliphatic hydroxyl groups is 1. The molecule has 1 aliphatic carbocycles. The minimum absolute atomic E-state index is 0.269. The minimum atomic E-state index is -0.654. The fourth-order valence-corrected chi connectivity index (χ4v) is 2.50. The van der Waals surface area contributed by atoms with E-state index in [9.17, 15) is 5.11 Å². The third-order valence-corrected chi connectivity index (χ3v) is 3.87. The van der Waals surface area contributed by atoms with E-state index in [2.05, 4.69) is 17.1 Å². The predicted octanol–water partition coefficient (Wildman–Crippen LogP) is 2.68. The standard InChI is InChI=1S/C13H22N2O2/c1-9(2)12-14-11(17-15-12)8-13(16)7-5-4-6-10(13)3/h9-10,16H,4-8H2,1-3H3/t10-,13+/m0/s1. The van der Waals surface area contributed by atoms with Crippen LogP contribution in [0.15, 0.2) is 4.52 Å². The van der Waals surface area contributed by atoms with Crippen LogP contribution in [-0.4, -0.2) is 20.8 Å². The van der Waals surface area contributed by atoms with Crippen molar-refractivity contribution in [1.29, 1.82) is 0 Å². The van der Waals surface area contributed by atoms with Gasteiger partial charge in [0.25, 0.3) is 0 Å². The van der Waals surface area contributed by atoms with E-state index in [4.69, 9.17) is 4.52 Å². The molecule has 0 radical (unpaired) electrons. The third kappa shape index (κ3) is 2.68. The first-order valence-corrected chi connectivity index (χ1v) is 6.56. The van der Waals surface area contributed by atoms with Crippen molar-refractivity contribution >= 4 is 0 Å². The van der Waals surface area contributed by atoms with Gasteiger partial charge in [-0.2, -0.15) is 4.98 Å². The minimum Gasteiger partial charge on any atom is -0.389 e. The molecule has 0 amide bonds. The van der Waals surface area contributed by atoms with Gasteiger partial charge in [0.15, 0.2) is 5.82 Å². The number of nitrogens with zero attached hydrogens (tertiary/aromatic N) is 2.